The van der Waals surface area contributed by atoms with Crippen LogP contribution in [-0.2, 0) is 22.7 Å². The maximum atomic E-state index is 12.9. The zero-order valence-corrected chi connectivity index (χ0v) is 14.4. The predicted molar refractivity (Wildman–Crippen MR) is 88.4 cm³/mol. The summed E-state index contributed by atoms with van der Waals surface area (Å²) in [5.41, 5.74) is 1.07. The number of rotatable bonds is 5. The average Bonchev–Trinajstić information content (AvgIpc) is 3.38. The van der Waals surface area contributed by atoms with Gasteiger partial charge in [-0.15, -0.1) is 0 Å². The third-order valence-corrected chi connectivity index (χ3v) is 6.11. The number of benzene rings is 2. The van der Waals surface area contributed by atoms with Crippen molar-refractivity contribution in [3.63, 3.8) is 0 Å². The normalized spacial score (nSPS) is 15.6. The molecule has 1 saturated carbocycles. The number of nitrogens with zero attached hydrogens (tertiary/aromatic N) is 1. The second-order valence-electron chi connectivity index (χ2n) is 6.29. The fraction of sp³-hybridized carbons (Fsp3) is 0.333. The number of sulfonamides is 1. The van der Waals surface area contributed by atoms with Crippen molar-refractivity contribution in [3.05, 3.63) is 65.2 Å². The second kappa shape index (κ2) is 6.46. The van der Waals surface area contributed by atoms with Gasteiger partial charge in [0.1, 0.15) is 0 Å². The highest BCUT2D eigenvalue weighted by molar-refractivity contribution is 7.89. The van der Waals surface area contributed by atoms with Gasteiger partial charge < -0.3 is 0 Å². The summed E-state index contributed by atoms with van der Waals surface area (Å²) in [4.78, 5) is -0.112. The van der Waals surface area contributed by atoms with E-state index in [0.717, 1.165) is 48.2 Å². The van der Waals surface area contributed by atoms with Gasteiger partial charge in [0.05, 0.1) is 10.5 Å². The fourth-order valence-electron chi connectivity index (χ4n) is 2.60. The minimum absolute atomic E-state index is 0.0893. The van der Waals surface area contributed by atoms with Gasteiger partial charge in [-0.3, -0.25) is 0 Å². The Morgan fingerprint density at radius 2 is 1.56 bits per heavy atom. The molecule has 0 bridgehead atoms. The lowest BCUT2D eigenvalue weighted by Crippen LogP contribution is -2.32. The maximum Gasteiger partial charge on any atom is 0.416 e. The van der Waals surface area contributed by atoms with Crippen molar-refractivity contribution in [3.8, 4) is 0 Å². The van der Waals surface area contributed by atoms with Crippen LogP contribution in [0.2, 0.25) is 0 Å². The summed E-state index contributed by atoms with van der Waals surface area (Å²) in [6, 6.07) is 11.1. The van der Waals surface area contributed by atoms with E-state index in [1.165, 1.54) is 4.31 Å². The summed E-state index contributed by atoms with van der Waals surface area (Å²) >= 11 is 0. The summed E-state index contributed by atoms with van der Waals surface area (Å²) in [7, 11) is -3.84. The lowest BCUT2D eigenvalue weighted by Gasteiger charge is -2.22. The van der Waals surface area contributed by atoms with Crippen LogP contribution in [0.5, 0.6) is 0 Å². The van der Waals surface area contributed by atoms with Crippen LogP contribution >= 0.6 is 0 Å². The molecule has 3 rings (SSSR count). The lowest BCUT2D eigenvalue weighted by molar-refractivity contribution is -0.137. The molecule has 2 aromatic carbocycles. The summed E-state index contributed by atoms with van der Waals surface area (Å²) in [5, 5.41) is 0. The van der Waals surface area contributed by atoms with Crippen molar-refractivity contribution in [2.45, 2.75) is 43.4 Å². The van der Waals surface area contributed by atoms with E-state index < -0.39 is 21.8 Å². The van der Waals surface area contributed by atoms with Crippen LogP contribution < -0.4 is 0 Å². The van der Waals surface area contributed by atoms with Gasteiger partial charge in [0.15, 0.2) is 0 Å². The van der Waals surface area contributed by atoms with E-state index in [-0.39, 0.29) is 17.5 Å². The fourth-order valence-corrected chi connectivity index (χ4v) is 4.27. The van der Waals surface area contributed by atoms with Crippen molar-refractivity contribution in [2.24, 2.45) is 0 Å². The van der Waals surface area contributed by atoms with E-state index in [1.807, 2.05) is 31.2 Å². The molecule has 0 N–H and O–H groups in total. The van der Waals surface area contributed by atoms with Gasteiger partial charge in [0.2, 0.25) is 10.0 Å². The van der Waals surface area contributed by atoms with E-state index >= 15 is 0 Å². The van der Waals surface area contributed by atoms with E-state index in [0.29, 0.717) is 0 Å². The summed E-state index contributed by atoms with van der Waals surface area (Å²) < 4.78 is 65.2. The quantitative estimate of drug-likeness (QED) is 0.785. The highest BCUT2D eigenvalue weighted by atomic mass is 32.2. The molecule has 0 heterocycles. The monoisotopic (exact) mass is 369 g/mol. The molecule has 7 heteroatoms. The highest BCUT2D eigenvalue weighted by Crippen LogP contribution is 2.35. The van der Waals surface area contributed by atoms with E-state index in [1.54, 1.807) is 0 Å². The first kappa shape index (κ1) is 17.9. The molecule has 0 amide bonds. The van der Waals surface area contributed by atoms with Crippen LogP contribution in [0.3, 0.4) is 0 Å². The Hall–Kier alpha value is -1.86. The van der Waals surface area contributed by atoms with E-state index in [9.17, 15) is 21.6 Å². The number of hydrogen-bond donors (Lipinski definition) is 0. The molecule has 0 spiro atoms. The largest absolute Gasteiger partial charge is 0.416 e. The first-order chi connectivity index (χ1) is 11.7. The van der Waals surface area contributed by atoms with Crippen molar-refractivity contribution in [2.75, 3.05) is 0 Å². The Bertz CT molecular complexity index is 839. The molecule has 134 valence electrons. The number of aryl methyl sites for hydroxylation is 1. The first-order valence-electron chi connectivity index (χ1n) is 7.92. The molecule has 1 aliphatic rings. The van der Waals surface area contributed by atoms with Gasteiger partial charge in [-0.05, 0) is 49.6 Å². The summed E-state index contributed by atoms with van der Waals surface area (Å²) in [6.07, 6.45) is -2.95. The minimum Gasteiger partial charge on any atom is -0.207 e. The molecule has 1 aliphatic carbocycles. The summed E-state index contributed by atoms with van der Waals surface area (Å²) in [5.74, 6) is 0. The molecule has 0 aliphatic heterocycles. The van der Waals surface area contributed by atoms with Crippen LogP contribution in [0.1, 0.15) is 29.5 Å². The van der Waals surface area contributed by atoms with Crippen LogP contribution in [0.15, 0.2) is 53.4 Å². The molecule has 1 fully saturated rings. The maximum absolute atomic E-state index is 12.9. The van der Waals surface area contributed by atoms with Gasteiger partial charge in [0.25, 0.3) is 0 Å². The Balaban J connectivity index is 1.88. The smallest absolute Gasteiger partial charge is 0.207 e. The topological polar surface area (TPSA) is 37.4 Å². The average molecular weight is 369 g/mol. The Labute approximate surface area is 145 Å². The van der Waals surface area contributed by atoms with Gasteiger partial charge in [-0.25, -0.2) is 8.42 Å². The predicted octanol–water partition coefficient (Wildman–Crippen LogP) is 4.37. The Morgan fingerprint density at radius 1 is 1.00 bits per heavy atom. The number of hydrogen-bond acceptors (Lipinski definition) is 2. The van der Waals surface area contributed by atoms with Crippen LogP contribution in [0, 0.1) is 6.92 Å². The van der Waals surface area contributed by atoms with Crippen molar-refractivity contribution < 1.29 is 21.6 Å². The molecule has 0 aromatic heterocycles. The van der Waals surface area contributed by atoms with Crippen molar-refractivity contribution in [1.82, 2.24) is 4.31 Å². The number of alkyl halides is 3. The second-order valence-corrected chi connectivity index (χ2v) is 8.18. The SMILES string of the molecule is Cc1ccc(CN(C2CC2)S(=O)(=O)c2ccc(C(F)(F)F)cc2)cc1. The summed E-state index contributed by atoms with van der Waals surface area (Å²) in [6.45, 7) is 2.16. The molecule has 0 radical (unpaired) electrons. The molecule has 25 heavy (non-hydrogen) atoms. The van der Waals surface area contributed by atoms with E-state index in [4.69, 9.17) is 0 Å². The standard InChI is InChI=1S/C18H18F3NO2S/c1-13-2-4-14(5-3-13)12-22(16-8-9-16)25(23,24)17-10-6-15(7-11-17)18(19,20)21/h2-7,10-11,16H,8-9,12H2,1H3. The molecular weight excluding hydrogens is 351 g/mol. The molecule has 0 atom stereocenters. The van der Waals surface area contributed by atoms with Gasteiger partial charge >= 0.3 is 6.18 Å². The third kappa shape index (κ3) is 4.04. The first-order valence-corrected chi connectivity index (χ1v) is 9.36. The molecule has 3 nitrogen and oxygen atoms in total. The highest BCUT2D eigenvalue weighted by Gasteiger charge is 2.38. The number of halogens is 3. The van der Waals surface area contributed by atoms with Crippen molar-refractivity contribution in [1.29, 1.82) is 0 Å². The lowest BCUT2D eigenvalue weighted by atomic mass is 10.1. The van der Waals surface area contributed by atoms with Gasteiger partial charge in [0, 0.05) is 12.6 Å². The molecule has 0 saturated heterocycles. The van der Waals surface area contributed by atoms with Crippen LogP contribution in [-0.4, -0.2) is 18.8 Å². The third-order valence-electron chi connectivity index (χ3n) is 4.20. The zero-order valence-electron chi connectivity index (χ0n) is 13.6. The molecule has 0 unspecified atom stereocenters. The minimum atomic E-state index is -4.49. The zero-order chi connectivity index (χ0) is 18.2. The van der Waals surface area contributed by atoms with Crippen molar-refractivity contribution >= 4 is 10.0 Å². The Morgan fingerprint density at radius 3 is 2.04 bits per heavy atom. The van der Waals surface area contributed by atoms with Crippen LogP contribution in [0.4, 0.5) is 13.2 Å². The van der Waals surface area contributed by atoms with Crippen LogP contribution in [0.25, 0.3) is 0 Å². The Kier molecular flexibility index (Phi) is 4.64. The molecule has 2 aromatic rings. The molecular formula is C18H18F3NO2S. The van der Waals surface area contributed by atoms with Gasteiger partial charge in [-0.2, -0.15) is 17.5 Å². The van der Waals surface area contributed by atoms with Gasteiger partial charge in [-0.1, -0.05) is 29.8 Å². The van der Waals surface area contributed by atoms with E-state index in [2.05, 4.69) is 0 Å².